The van der Waals surface area contributed by atoms with Crippen LogP contribution in [-0.4, -0.2) is 16.3 Å². The van der Waals surface area contributed by atoms with E-state index in [0.29, 0.717) is 12.1 Å². The smallest absolute Gasteiger partial charge is 0.293 e. The van der Waals surface area contributed by atoms with Gasteiger partial charge in [-0.3, -0.25) is 4.79 Å². The first-order chi connectivity index (χ1) is 8.50. The molecule has 0 aliphatic rings. The first-order valence-electron chi connectivity index (χ1n) is 5.54. The fourth-order valence-corrected chi connectivity index (χ4v) is 2.01. The fourth-order valence-electron chi connectivity index (χ4n) is 1.28. The fraction of sp³-hybridized carbons (Fsp3) is 0.462. The zero-order valence-corrected chi connectivity index (χ0v) is 11.6. The molecule has 0 aromatic heterocycles. The van der Waals surface area contributed by atoms with Crippen LogP contribution >= 0.6 is 11.8 Å². The second-order valence-corrected chi connectivity index (χ2v) is 6.82. The minimum absolute atomic E-state index is 0.0619. The Hall–Kier alpha value is -1.04. The predicted molar refractivity (Wildman–Crippen MR) is 67.9 cm³/mol. The maximum Gasteiger partial charge on any atom is 0.419 e. The number of hydrogen-bond acceptors (Lipinski definition) is 2. The van der Waals surface area contributed by atoms with Gasteiger partial charge in [-0.15, -0.1) is 11.8 Å². The molecule has 0 heterocycles. The van der Waals surface area contributed by atoms with Gasteiger partial charge >= 0.3 is 6.18 Å². The molecule has 0 atom stereocenters. The molecule has 19 heavy (non-hydrogen) atoms. The van der Waals surface area contributed by atoms with Crippen LogP contribution in [-0.2, 0) is 6.18 Å². The maximum absolute atomic E-state index is 13.1. The van der Waals surface area contributed by atoms with E-state index in [9.17, 15) is 22.4 Å². The van der Waals surface area contributed by atoms with Crippen LogP contribution < -0.4 is 0 Å². The van der Waals surface area contributed by atoms with Crippen LogP contribution in [0.4, 0.5) is 17.6 Å². The number of halogens is 4. The van der Waals surface area contributed by atoms with E-state index in [1.54, 1.807) is 0 Å². The lowest BCUT2D eigenvalue weighted by atomic mass is 10.1. The molecule has 1 aromatic carbocycles. The Morgan fingerprint density at radius 3 is 2.26 bits per heavy atom. The molecule has 0 saturated carbocycles. The normalized spacial score (nSPS) is 12.6. The zero-order valence-electron chi connectivity index (χ0n) is 10.8. The lowest BCUT2D eigenvalue weighted by Crippen LogP contribution is -2.15. The summed E-state index contributed by atoms with van der Waals surface area (Å²) in [4.78, 5) is 11.8. The van der Waals surface area contributed by atoms with Crippen LogP contribution in [0.5, 0.6) is 0 Å². The monoisotopic (exact) mass is 294 g/mol. The van der Waals surface area contributed by atoms with Gasteiger partial charge in [0.25, 0.3) is 0 Å². The number of rotatable bonds is 3. The molecule has 106 valence electrons. The van der Waals surface area contributed by atoms with Crippen LogP contribution in [0.3, 0.4) is 0 Å². The number of benzene rings is 1. The zero-order chi connectivity index (χ0) is 14.8. The number of hydrogen-bond donors (Lipinski definition) is 0. The Labute approximate surface area is 113 Å². The van der Waals surface area contributed by atoms with Gasteiger partial charge in [-0.1, -0.05) is 20.8 Å². The number of thioether (sulfide) groups is 1. The number of carbonyl (C=O) groups is 1. The summed E-state index contributed by atoms with van der Waals surface area (Å²) in [6, 6.07) is 2.33. The first-order valence-corrected chi connectivity index (χ1v) is 6.53. The van der Waals surface area contributed by atoms with Crippen molar-refractivity contribution in [1.29, 1.82) is 0 Å². The third kappa shape index (κ3) is 4.86. The molecule has 0 amide bonds. The molecular formula is C13H14F4OS. The second-order valence-electron chi connectivity index (χ2n) is 5.02. The molecule has 0 aliphatic heterocycles. The molecule has 0 unspecified atom stereocenters. The van der Waals surface area contributed by atoms with Crippen molar-refractivity contribution in [1.82, 2.24) is 0 Å². The van der Waals surface area contributed by atoms with E-state index in [0.717, 1.165) is 6.07 Å². The van der Waals surface area contributed by atoms with Crippen molar-refractivity contribution >= 4 is 17.5 Å². The summed E-state index contributed by atoms with van der Waals surface area (Å²) in [7, 11) is 0. The third-order valence-electron chi connectivity index (χ3n) is 2.23. The quantitative estimate of drug-likeness (QED) is 0.600. The molecule has 1 aromatic rings. The van der Waals surface area contributed by atoms with E-state index in [-0.39, 0.29) is 16.1 Å². The summed E-state index contributed by atoms with van der Waals surface area (Å²) < 4.78 is 50.4. The van der Waals surface area contributed by atoms with Crippen LogP contribution in [0.2, 0.25) is 0 Å². The highest BCUT2D eigenvalue weighted by Gasteiger charge is 2.34. The molecule has 0 N–H and O–H groups in total. The van der Waals surface area contributed by atoms with E-state index in [1.165, 1.54) is 11.8 Å². The molecule has 1 rings (SSSR count). The SMILES string of the molecule is CC(C)(C)SCC(=O)c1ccc(F)c(C(F)(F)F)c1. The minimum Gasteiger partial charge on any atom is -0.293 e. The van der Waals surface area contributed by atoms with Gasteiger partial charge in [0.05, 0.1) is 11.3 Å². The lowest BCUT2D eigenvalue weighted by molar-refractivity contribution is -0.140. The number of carbonyl (C=O) groups excluding carboxylic acids is 1. The van der Waals surface area contributed by atoms with Crippen LogP contribution in [0.1, 0.15) is 36.7 Å². The summed E-state index contributed by atoms with van der Waals surface area (Å²) >= 11 is 1.33. The molecule has 1 nitrogen and oxygen atoms in total. The van der Waals surface area contributed by atoms with Gasteiger partial charge in [-0.2, -0.15) is 13.2 Å². The third-order valence-corrected chi connectivity index (χ3v) is 3.50. The van der Waals surface area contributed by atoms with Crippen molar-refractivity contribution in [3.8, 4) is 0 Å². The Kier molecular flexibility index (Phi) is 4.66. The average Bonchev–Trinajstić information content (AvgIpc) is 2.24. The maximum atomic E-state index is 13.1. The number of ketones is 1. The summed E-state index contributed by atoms with van der Waals surface area (Å²) in [6.45, 7) is 5.70. The highest BCUT2D eigenvalue weighted by molar-refractivity contribution is 8.01. The van der Waals surface area contributed by atoms with Crippen molar-refractivity contribution in [3.63, 3.8) is 0 Å². The van der Waals surface area contributed by atoms with Crippen molar-refractivity contribution in [2.45, 2.75) is 31.7 Å². The topological polar surface area (TPSA) is 17.1 Å². The molecule has 0 aliphatic carbocycles. The molecule has 0 fully saturated rings. The van der Waals surface area contributed by atoms with Crippen molar-refractivity contribution in [3.05, 3.63) is 35.1 Å². The molecule has 0 saturated heterocycles. The summed E-state index contributed by atoms with van der Waals surface area (Å²) in [5.41, 5.74) is -1.52. The lowest BCUT2D eigenvalue weighted by Gasteiger charge is -2.17. The molecule has 0 radical (unpaired) electrons. The van der Waals surface area contributed by atoms with Gasteiger partial charge < -0.3 is 0 Å². The molecule has 0 bridgehead atoms. The predicted octanol–water partition coefficient (Wildman–Crippen LogP) is 4.56. The van der Waals surface area contributed by atoms with Crippen molar-refractivity contribution in [2.75, 3.05) is 5.75 Å². The van der Waals surface area contributed by atoms with Gasteiger partial charge in [0.15, 0.2) is 5.78 Å². The van der Waals surface area contributed by atoms with E-state index in [1.807, 2.05) is 20.8 Å². The Bertz CT molecular complexity index is 475. The Balaban J connectivity index is 2.94. The summed E-state index contributed by atoms with van der Waals surface area (Å²) in [5.74, 6) is -1.75. The highest BCUT2D eigenvalue weighted by atomic mass is 32.2. The summed E-state index contributed by atoms with van der Waals surface area (Å²) in [6.07, 6.45) is -4.79. The van der Waals surface area contributed by atoms with Crippen LogP contribution in [0.15, 0.2) is 18.2 Å². The first kappa shape index (κ1) is 16.0. The number of Topliss-reactive ketones (excluding diaryl/α,β-unsaturated/α-hetero) is 1. The number of alkyl halides is 3. The van der Waals surface area contributed by atoms with Crippen molar-refractivity contribution < 1.29 is 22.4 Å². The highest BCUT2D eigenvalue weighted by Crippen LogP contribution is 2.32. The molecule has 6 heteroatoms. The molecule has 0 spiro atoms. The van der Waals surface area contributed by atoms with Gasteiger partial charge in [0, 0.05) is 10.3 Å². The summed E-state index contributed by atoms with van der Waals surface area (Å²) in [5, 5.41) is 0. The van der Waals surface area contributed by atoms with Gasteiger partial charge in [0.1, 0.15) is 5.82 Å². The largest absolute Gasteiger partial charge is 0.419 e. The van der Waals surface area contributed by atoms with Gasteiger partial charge in [-0.05, 0) is 18.2 Å². The van der Waals surface area contributed by atoms with Gasteiger partial charge in [0.2, 0.25) is 0 Å². The second kappa shape index (κ2) is 5.53. The molecular weight excluding hydrogens is 280 g/mol. The van der Waals surface area contributed by atoms with E-state index in [2.05, 4.69) is 0 Å². The van der Waals surface area contributed by atoms with Crippen LogP contribution in [0, 0.1) is 5.82 Å². The van der Waals surface area contributed by atoms with E-state index >= 15 is 0 Å². The Morgan fingerprint density at radius 1 is 1.21 bits per heavy atom. The van der Waals surface area contributed by atoms with E-state index in [4.69, 9.17) is 0 Å². The van der Waals surface area contributed by atoms with Gasteiger partial charge in [-0.25, -0.2) is 4.39 Å². The van der Waals surface area contributed by atoms with E-state index < -0.39 is 23.3 Å². The van der Waals surface area contributed by atoms with Crippen molar-refractivity contribution in [2.24, 2.45) is 0 Å². The standard InChI is InChI=1S/C13H14F4OS/c1-12(2,3)19-7-11(18)8-4-5-10(14)9(6-8)13(15,16)17/h4-6H,7H2,1-3H3. The Morgan fingerprint density at radius 2 is 1.79 bits per heavy atom. The van der Waals surface area contributed by atoms with Crippen LogP contribution in [0.25, 0.3) is 0 Å². The average molecular weight is 294 g/mol. The minimum atomic E-state index is -4.79.